The van der Waals surface area contributed by atoms with Gasteiger partial charge in [0.15, 0.2) is 0 Å². The molecule has 1 amide bonds. The van der Waals surface area contributed by atoms with Crippen molar-refractivity contribution in [1.29, 1.82) is 0 Å². The predicted molar refractivity (Wildman–Crippen MR) is 94.1 cm³/mol. The van der Waals surface area contributed by atoms with Crippen molar-refractivity contribution in [2.75, 3.05) is 13.1 Å². The molecular formula is C17H21Br2NO2. The van der Waals surface area contributed by atoms with Crippen LogP contribution >= 0.6 is 31.9 Å². The summed E-state index contributed by atoms with van der Waals surface area (Å²) in [5, 5.41) is 0. The molecule has 1 aliphatic carbocycles. The Kier molecular flexibility index (Phi) is 4.09. The number of benzene rings is 1. The number of rotatable bonds is 0. The highest BCUT2D eigenvalue weighted by Crippen LogP contribution is 2.45. The summed E-state index contributed by atoms with van der Waals surface area (Å²) in [5.74, 6) is 0. The van der Waals surface area contributed by atoms with Crippen molar-refractivity contribution in [2.24, 2.45) is 5.41 Å². The second-order valence-corrected chi connectivity index (χ2v) is 9.25. The highest BCUT2D eigenvalue weighted by atomic mass is 79.9. The van der Waals surface area contributed by atoms with E-state index in [1.807, 2.05) is 25.7 Å². The molecule has 1 spiro atoms. The lowest BCUT2D eigenvalue weighted by Crippen LogP contribution is -2.37. The van der Waals surface area contributed by atoms with Crippen molar-refractivity contribution in [1.82, 2.24) is 4.90 Å². The molecule has 22 heavy (non-hydrogen) atoms. The van der Waals surface area contributed by atoms with Gasteiger partial charge in [-0.25, -0.2) is 4.79 Å². The van der Waals surface area contributed by atoms with Crippen LogP contribution in [-0.2, 0) is 17.6 Å². The normalized spacial score (nSPS) is 19.6. The number of carbonyl (C=O) groups is 1. The zero-order valence-corrected chi connectivity index (χ0v) is 16.4. The second kappa shape index (κ2) is 5.52. The van der Waals surface area contributed by atoms with Crippen molar-refractivity contribution in [3.05, 3.63) is 32.2 Å². The molecule has 2 aliphatic rings. The Morgan fingerprint density at radius 1 is 1.18 bits per heavy atom. The van der Waals surface area contributed by atoms with Gasteiger partial charge in [-0.05, 0) is 101 Å². The Balaban J connectivity index is 1.72. The molecular weight excluding hydrogens is 410 g/mol. The fraction of sp³-hybridized carbons (Fsp3) is 0.588. The van der Waals surface area contributed by atoms with Crippen molar-refractivity contribution in [3.8, 4) is 0 Å². The minimum Gasteiger partial charge on any atom is -0.444 e. The maximum Gasteiger partial charge on any atom is 0.410 e. The van der Waals surface area contributed by atoms with E-state index in [2.05, 4.69) is 44.0 Å². The molecule has 3 rings (SSSR count). The number of carbonyl (C=O) groups excluding carboxylic acids is 1. The Bertz CT molecular complexity index is 591. The molecule has 1 aliphatic heterocycles. The van der Waals surface area contributed by atoms with E-state index in [1.165, 1.54) is 11.1 Å². The summed E-state index contributed by atoms with van der Waals surface area (Å²) in [7, 11) is 0. The van der Waals surface area contributed by atoms with Crippen LogP contribution in [0.4, 0.5) is 4.79 Å². The predicted octanol–water partition coefficient (Wildman–Crippen LogP) is 4.94. The molecule has 0 bridgehead atoms. The molecule has 0 atom stereocenters. The Labute approximate surface area is 148 Å². The van der Waals surface area contributed by atoms with E-state index in [0.717, 1.165) is 41.3 Å². The average Bonchev–Trinajstić information content (AvgIpc) is 2.92. The summed E-state index contributed by atoms with van der Waals surface area (Å²) in [4.78, 5) is 14.1. The lowest BCUT2D eigenvalue weighted by Gasteiger charge is -2.26. The Morgan fingerprint density at radius 3 is 2.23 bits per heavy atom. The molecule has 120 valence electrons. The maximum atomic E-state index is 12.3. The first-order valence-electron chi connectivity index (χ1n) is 7.62. The average molecular weight is 431 g/mol. The molecule has 0 N–H and O–H groups in total. The quantitative estimate of drug-likeness (QED) is 0.583. The van der Waals surface area contributed by atoms with Crippen LogP contribution in [0.3, 0.4) is 0 Å². The van der Waals surface area contributed by atoms with Crippen LogP contribution in [-0.4, -0.2) is 29.7 Å². The third-order valence-corrected chi connectivity index (χ3v) is 6.31. The molecule has 1 fully saturated rings. The summed E-state index contributed by atoms with van der Waals surface area (Å²) in [6.45, 7) is 7.34. The zero-order valence-electron chi connectivity index (χ0n) is 13.2. The molecule has 1 heterocycles. The fourth-order valence-electron chi connectivity index (χ4n) is 3.53. The van der Waals surface area contributed by atoms with Crippen LogP contribution in [0.1, 0.15) is 38.3 Å². The molecule has 0 aromatic heterocycles. The number of hydrogen-bond donors (Lipinski definition) is 0. The molecule has 0 radical (unpaired) electrons. The molecule has 1 aromatic rings. The van der Waals surface area contributed by atoms with Gasteiger partial charge in [-0.3, -0.25) is 0 Å². The van der Waals surface area contributed by atoms with E-state index in [-0.39, 0.29) is 11.5 Å². The molecule has 5 heteroatoms. The van der Waals surface area contributed by atoms with Gasteiger partial charge in [0.05, 0.1) is 0 Å². The monoisotopic (exact) mass is 429 g/mol. The highest BCUT2D eigenvalue weighted by molar-refractivity contribution is 9.13. The fourth-order valence-corrected chi connectivity index (χ4v) is 4.32. The number of hydrogen-bond acceptors (Lipinski definition) is 2. The summed E-state index contributed by atoms with van der Waals surface area (Å²) in [5.41, 5.74) is 2.57. The standard InChI is InChI=1S/C17H21Br2NO2/c1-16(2,3)22-15(21)20-5-4-17(10-20)8-11-6-13(18)14(19)7-12(11)9-17/h6-7H,4-5,8-10H2,1-3H3. The lowest BCUT2D eigenvalue weighted by atomic mass is 9.84. The SMILES string of the molecule is CC(C)(C)OC(=O)N1CCC2(Cc3cc(Br)c(Br)cc3C2)C1. The van der Waals surface area contributed by atoms with Gasteiger partial charge in [-0.1, -0.05) is 0 Å². The van der Waals surface area contributed by atoms with Crippen LogP contribution in [0.5, 0.6) is 0 Å². The van der Waals surface area contributed by atoms with Gasteiger partial charge >= 0.3 is 6.09 Å². The lowest BCUT2D eigenvalue weighted by molar-refractivity contribution is 0.0274. The van der Waals surface area contributed by atoms with Gasteiger partial charge in [-0.15, -0.1) is 0 Å². The van der Waals surface area contributed by atoms with E-state index in [1.54, 1.807) is 0 Å². The molecule has 3 nitrogen and oxygen atoms in total. The first-order chi connectivity index (χ1) is 10.2. The first-order valence-corrected chi connectivity index (χ1v) is 9.21. The first kappa shape index (κ1) is 16.3. The van der Waals surface area contributed by atoms with Gasteiger partial charge in [0, 0.05) is 22.0 Å². The van der Waals surface area contributed by atoms with Crippen LogP contribution in [0, 0.1) is 5.41 Å². The smallest absolute Gasteiger partial charge is 0.410 e. The number of amides is 1. The Hall–Kier alpha value is -0.550. The molecule has 1 aromatic carbocycles. The van der Waals surface area contributed by atoms with Crippen molar-refractivity contribution < 1.29 is 9.53 Å². The molecule has 0 saturated carbocycles. The summed E-state index contributed by atoms with van der Waals surface area (Å²) in [6.07, 6.45) is 2.97. The summed E-state index contributed by atoms with van der Waals surface area (Å²) < 4.78 is 7.72. The van der Waals surface area contributed by atoms with Crippen LogP contribution in [0.2, 0.25) is 0 Å². The third kappa shape index (κ3) is 3.21. The van der Waals surface area contributed by atoms with Crippen LogP contribution in [0.15, 0.2) is 21.1 Å². The number of nitrogens with zero attached hydrogens (tertiary/aromatic N) is 1. The molecule has 1 saturated heterocycles. The van der Waals surface area contributed by atoms with Crippen molar-refractivity contribution in [3.63, 3.8) is 0 Å². The number of ether oxygens (including phenoxy) is 1. The van der Waals surface area contributed by atoms with Gasteiger partial charge in [0.1, 0.15) is 5.60 Å². The van der Waals surface area contributed by atoms with E-state index < -0.39 is 5.60 Å². The minimum absolute atomic E-state index is 0.178. The van der Waals surface area contributed by atoms with Crippen molar-refractivity contribution in [2.45, 2.75) is 45.6 Å². The maximum absolute atomic E-state index is 12.3. The van der Waals surface area contributed by atoms with E-state index in [9.17, 15) is 4.79 Å². The third-order valence-electron chi connectivity index (χ3n) is 4.46. The largest absolute Gasteiger partial charge is 0.444 e. The van der Waals surface area contributed by atoms with Crippen LogP contribution < -0.4 is 0 Å². The van der Waals surface area contributed by atoms with Crippen molar-refractivity contribution >= 4 is 38.0 Å². The van der Waals surface area contributed by atoms with Crippen LogP contribution in [0.25, 0.3) is 0 Å². The summed E-state index contributed by atoms with van der Waals surface area (Å²) in [6, 6.07) is 4.43. The van der Waals surface area contributed by atoms with E-state index in [4.69, 9.17) is 4.74 Å². The highest BCUT2D eigenvalue weighted by Gasteiger charge is 2.45. The van der Waals surface area contributed by atoms with Gasteiger partial charge in [0.25, 0.3) is 0 Å². The van der Waals surface area contributed by atoms with E-state index >= 15 is 0 Å². The van der Waals surface area contributed by atoms with Gasteiger partial charge < -0.3 is 9.64 Å². The number of halogens is 2. The topological polar surface area (TPSA) is 29.5 Å². The van der Waals surface area contributed by atoms with Gasteiger partial charge in [0.2, 0.25) is 0 Å². The van der Waals surface area contributed by atoms with Gasteiger partial charge in [-0.2, -0.15) is 0 Å². The zero-order chi connectivity index (χ0) is 16.1. The summed E-state index contributed by atoms with van der Waals surface area (Å²) >= 11 is 7.17. The Morgan fingerprint density at radius 2 is 1.73 bits per heavy atom. The van der Waals surface area contributed by atoms with E-state index in [0.29, 0.717) is 0 Å². The minimum atomic E-state index is -0.429. The number of fused-ring (bicyclic) bond motifs is 1. The molecule has 0 unspecified atom stereocenters. The second-order valence-electron chi connectivity index (χ2n) is 7.54. The number of likely N-dealkylation sites (tertiary alicyclic amines) is 1.